The minimum Gasteiger partial charge on any atom is -0.481 e. The molecule has 0 bridgehead atoms. The Morgan fingerprint density at radius 2 is 2.11 bits per heavy atom. The van der Waals surface area contributed by atoms with Gasteiger partial charge in [0.05, 0.1) is 5.56 Å². The molecule has 0 fully saturated rings. The van der Waals surface area contributed by atoms with Crippen LogP contribution in [-0.2, 0) is 4.79 Å². The van der Waals surface area contributed by atoms with Gasteiger partial charge in [-0.2, -0.15) is 0 Å². The zero-order valence-electron chi connectivity index (χ0n) is 10.4. The molecule has 0 spiro atoms. The molecule has 0 aliphatic rings. The van der Waals surface area contributed by atoms with E-state index >= 15 is 0 Å². The van der Waals surface area contributed by atoms with Crippen LogP contribution in [0.3, 0.4) is 0 Å². The number of carbonyl (C=O) groups excluding carboxylic acids is 1. The lowest BCUT2D eigenvalue weighted by atomic mass is 10.1. The van der Waals surface area contributed by atoms with E-state index in [0.717, 1.165) is 0 Å². The summed E-state index contributed by atoms with van der Waals surface area (Å²) in [6.07, 6.45) is -0.0312. The highest BCUT2D eigenvalue weighted by Crippen LogP contribution is 2.11. The number of nitrogens with one attached hydrogen (secondary N) is 1. The van der Waals surface area contributed by atoms with Crippen molar-refractivity contribution >= 4 is 11.9 Å². The van der Waals surface area contributed by atoms with E-state index in [0.29, 0.717) is 5.56 Å². The molecule has 0 saturated heterocycles. The largest absolute Gasteiger partial charge is 0.481 e. The van der Waals surface area contributed by atoms with Gasteiger partial charge in [0.2, 0.25) is 0 Å². The molecule has 0 heterocycles. The minimum atomic E-state index is -0.918. The number of hydrogen-bond acceptors (Lipinski definition) is 2. The average Bonchev–Trinajstić information content (AvgIpc) is 2.29. The summed E-state index contributed by atoms with van der Waals surface area (Å²) in [4.78, 5) is 22.2. The van der Waals surface area contributed by atoms with Crippen molar-refractivity contribution in [1.82, 2.24) is 5.32 Å². The second-order valence-electron chi connectivity index (χ2n) is 4.35. The molecule has 1 amide bonds. The van der Waals surface area contributed by atoms with E-state index in [9.17, 15) is 14.0 Å². The first-order valence-corrected chi connectivity index (χ1v) is 5.67. The summed E-state index contributed by atoms with van der Waals surface area (Å²) in [5.74, 6) is -2.17. The van der Waals surface area contributed by atoms with Crippen LogP contribution in [0.1, 0.15) is 29.3 Å². The number of hydrogen-bond donors (Lipinski definition) is 2. The van der Waals surface area contributed by atoms with Crippen LogP contribution in [-0.4, -0.2) is 23.5 Å². The zero-order valence-corrected chi connectivity index (χ0v) is 10.4. The molecule has 18 heavy (non-hydrogen) atoms. The van der Waals surface area contributed by atoms with Gasteiger partial charge < -0.3 is 10.4 Å². The fourth-order valence-corrected chi connectivity index (χ4v) is 1.56. The predicted molar refractivity (Wildman–Crippen MR) is 64.9 cm³/mol. The van der Waals surface area contributed by atoms with Crippen LogP contribution in [0, 0.1) is 18.7 Å². The maximum Gasteiger partial charge on any atom is 0.303 e. The van der Waals surface area contributed by atoms with E-state index in [4.69, 9.17) is 5.11 Å². The third-order valence-electron chi connectivity index (χ3n) is 2.57. The van der Waals surface area contributed by atoms with Crippen LogP contribution in [0.2, 0.25) is 0 Å². The number of rotatable bonds is 5. The van der Waals surface area contributed by atoms with Crippen molar-refractivity contribution in [3.8, 4) is 0 Å². The van der Waals surface area contributed by atoms with Gasteiger partial charge in [-0.3, -0.25) is 9.59 Å². The smallest absolute Gasteiger partial charge is 0.303 e. The quantitative estimate of drug-likeness (QED) is 0.843. The van der Waals surface area contributed by atoms with Crippen LogP contribution < -0.4 is 5.32 Å². The Morgan fingerprint density at radius 3 is 2.72 bits per heavy atom. The lowest BCUT2D eigenvalue weighted by Crippen LogP contribution is -2.30. The number of benzene rings is 1. The van der Waals surface area contributed by atoms with Crippen molar-refractivity contribution in [3.05, 3.63) is 35.1 Å². The highest BCUT2D eigenvalue weighted by atomic mass is 19.1. The van der Waals surface area contributed by atoms with Crippen molar-refractivity contribution < 1.29 is 19.1 Å². The topological polar surface area (TPSA) is 66.4 Å². The van der Waals surface area contributed by atoms with Gasteiger partial charge >= 0.3 is 5.97 Å². The van der Waals surface area contributed by atoms with Crippen molar-refractivity contribution in [1.29, 1.82) is 0 Å². The first-order chi connectivity index (χ1) is 8.41. The summed E-state index contributed by atoms with van der Waals surface area (Å²) < 4.78 is 13.6. The van der Waals surface area contributed by atoms with Gasteiger partial charge in [-0.05, 0) is 24.5 Å². The zero-order chi connectivity index (χ0) is 13.7. The molecule has 4 nitrogen and oxygen atoms in total. The Labute approximate surface area is 105 Å². The number of carboxylic acids is 1. The van der Waals surface area contributed by atoms with Gasteiger partial charge in [-0.25, -0.2) is 4.39 Å². The summed E-state index contributed by atoms with van der Waals surface area (Å²) in [5.41, 5.74) is 0.388. The maximum absolute atomic E-state index is 13.6. The normalized spacial score (nSPS) is 11.9. The Balaban J connectivity index is 2.61. The van der Waals surface area contributed by atoms with E-state index in [-0.39, 0.29) is 24.4 Å². The fraction of sp³-hybridized carbons (Fsp3) is 0.385. The summed E-state index contributed by atoms with van der Waals surface area (Å²) in [5, 5.41) is 11.1. The third kappa shape index (κ3) is 3.84. The molecule has 0 saturated carbocycles. The van der Waals surface area contributed by atoms with Gasteiger partial charge in [-0.1, -0.05) is 19.1 Å². The van der Waals surface area contributed by atoms with Crippen molar-refractivity contribution in [2.75, 3.05) is 6.54 Å². The number of carboxylic acid groups (broad SMARTS) is 1. The number of aliphatic carboxylic acids is 1. The highest BCUT2D eigenvalue weighted by Gasteiger charge is 2.14. The van der Waals surface area contributed by atoms with E-state index in [1.54, 1.807) is 26.0 Å². The summed E-state index contributed by atoms with van der Waals surface area (Å²) in [6.45, 7) is 3.50. The summed E-state index contributed by atoms with van der Waals surface area (Å²) in [7, 11) is 0. The average molecular weight is 253 g/mol. The molecule has 2 N–H and O–H groups in total. The number of carbonyl (C=O) groups is 2. The number of amides is 1. The molecule has 1 atom stereocenters. The maximum atomic E-state index is 13.6. The lowest BCUT2D eigenvalue weighted by Gasteiger charge is -2.11. The first-order valence-electron chi connectivity index (χ1n) is 5.67. The summed E-state index contributed by atoms with van der Waals surface area (Å²) >= 11 is 0. The Hall–Kier alpha value is -1.91. The van der Waals surface area contributed by atoms with Crippen molar-refractivity contribution in [2.24, 2.45) is 5.92 Å². The van der Waals surface area contributed by atoms with Gasteiger partial charge in [0.25, 0.3) is 5.91 Å². The molecule has 0 radical (unpaired) electrons. The summed E-state index contributed by atoms with van der Waals surface area (Å²) in [6, 6.07) is 4.59. The molecule has 1 aromatic carbocycles. The van der Waals surface area contributed by atoms with Crippen molar-refractivity contribution in [3.63, 3.8) is 0 Å². The molecule has 5 heteroatoms. The molecular weight excluding hydrogens is 237 g/mol. The van der Waals surface area contributed by atoms with Gasteiger partial charge in [0.15, 0.2) is 0 Å². The van der Waals surface area contributed by atoms with Crippen LogP contribution in [0.15, 0.2) is 18.2 Å². The SMILES string of the molecule is Cc1cccc(C(=O)NCC(C)CC(=O)O)c1F. The van der Waals surface area contributed by atoms with E-state index in [1.165, 1.54) is 6.07 Å². The fourth-order valence-electron chi connectivity index (χ4n) is 1.56. The van der Waals surface area contributed by atoms with Gasteiger partial charge in [0.1, 0.15) is 5.82 Å². The van der Waals surface area contributed by atoms with E-state index in [1.807, 2.05) is 0 Å². The Morgan fingerprint density at radius 1 is 1.44 bits per heavy atom. The molecule has 1 unspecified atom stereocenters. The third-order valence-corrected chi connectivity index (χ3v) is 2.57. The van der Waals surface area contributed by atoms with E-state index < -0.39 is 17.7 Å². The second kappa shape index (κ2) is 6.14. The molecule has 98 valence electrons. The molecular formula is C13H16FNO3. The standard InChI is InChI=1S/C13H16FNO3/c1-8(6-11(16)17)7-15-13(18)10-5-3-4-9(2)12(10)14/h3-5,8H,6-7H2,1-2H3,(H,15,18)(H,16,17). The van der Waals surface area contributed by atoms with Gasteiger partial charge in [-0.15, -0.1) is 0 Å². The Bertz CT molecular complexity index is 460. The molecule has 0 aliphatic carbocycles. The lowest BCUT2D eigenvalue weighted by molar-refractivity contribution is -0.137. The molecule has 0 aliphatic heterocycles. The number of aryl methyl sites for hydroxylation is 1. The van der Waals surface area contributed by atoms with Gasteiger partial charge in [0, 0.05) is 13.0 Å². The molecule has 1 aromatic rings. The highest BCUT2D eigenvalue weighted by molar-refractivity contribution is 5.94. The monoisotopic (exact) mass is 253 g/mol. The minimum absolute atomic E-state index is 0.0162. The second-order valence-corrected chi connectivity index (χ2v) is 4.35. The number of halogens is 1. The van der Waals surface area contributed by atoms with Crippen LogP contribution in [0.4, 0.5) is 4.39 Å². The first kappa shape index (κ1) is 14.2. The van der Waals surface area contributed by atoms with Crippen LogP contribution >= 0.6 is 0 Å². The Kier molecular flexibility index (Phi) is 4.83. The van der Waals surface area contributed by atoms with Crippen molar-refractivity contribution in [2.45, 2.75) is 20.3 Å². The van der Waals surface area contributed by atoms with Crippen LogP contribution in [0.5, 0.6) is 0 Å². The molecule has 1 rings (SSSR count). The molecule has 0 aromatic heterocycles. The van der Waals surface area contributed by atoms with Crippen LogP contribution in [0.25, 0.3) is 0 Å². The van der Waals surface area contributed by atoms with E-state index in [2.05, 4.69) is 5.32 Å². The predicted octanol–water partition coefficient (Wildman–Crippen LogP) is 1.97.